The third-order valence-corrected chi connectivity index (χ3v) is 3.26. The summed E-state index contributed by atoms with van der Waals surface area (Å²) < 4.78 is 0. The van der Waals surface area contributed by atoms with Gasteiger partial charge in [-0.15, -0.1) is 0 Å². The molecule has 0 aliphatic rings. The first-order valence-corrected chi connectivity index (χ1v) is 6.45. The molecule has 0 spiro atoms. The summed E-state index contributed by atoms with van der Waals surface area (Å²) >= 11 is 6.04. The van der Waals surface area contributed by atoms with E-state index in [-0.39, 0.29) is 5.91 Å². The Morgan fingerprint density at radius 3 is 2.53 bits per heavy atom. The number of aryl methyl sites for hydroxylation is 1. The Morgan fingerprint density at radius 2 is 1.84 bits per heavy atom. The number of halogens is 1. The van der Waals surface area contributed by atoms with Crippen LogP contribution in [0.5, 0.6) is 0 Å². The Hall–Kier alpha value is -1.80. The van der Waals surface area contributed by atoms with Crippen molar-refractivity contribution in [2.75, 3.05) is 14.1 Å². The van der Waals surface area contributed by atoms with E-state index >= 15 is 0 Å². The largest absolute Gasteiger partial charge is 0.345 e. The van der Waals surface area contributed by atoms with Crippen molar-refractivity contribution in [3.63, 3.8) is 0 Å². The SMILES string of the molecule is Cc1ccc(Cl)cc1-c1cccc(C(=O)N(C)C)c1. The van der Waals surface area contributed by atoms with Crippen LogP contribution in [0.2, 0.25) is 5.02 Å². The molecule has 2 nitrogen and oxygen atoms in total. The van der Waals surface area contributed by atoms with Gasteiger partial charge in [0.25, 0.3) is 5.91 Å². The summed E-state index contributed by atoms with van der Waals surface area (Å²) in [5, 5.41) is 0.699. The maximum Gasteiger partial charge on any atom is 0.253 e. The summed E-state index contributed by atoms with van der Waals surface area (Å²) in [4.78, 5) is 13.6. The van der Waals surface area contributed by atoms with Crippen LogP contribution in [0.1, 0.15) is 15.9 Å². The lowest BCUT2D eigenvalue weighted by atomic mass is 9.98. The predicted molar refractivity (Wildman–Crippen MR) is 79.6 cm³/mol. The molecule has 0 bridgehead atoms. The third-order valence-electron chi connectivity index (χ3n) is 3.03. The van der Waals surface area contributed by atoms with Crippen LogP contribution in [0.3, 0.4) is 0 Å². The van der Waals surface area contributed by atoms with E-state index in [4.69, 9.17) is 11.6 Å². The number of hydrogen-bond acceptors (Lipinski definition) is 1. The van der Waals surface area contributed by atoms with Crippen molar-refractivity contribution in [3.8, 4) is 11.1 Å². The molecule has 3 heteroatoms. The Labute approximate surface area is 118 Å². The number of rotatable bonds is 2. The summed E-state index contributed by atoms with van der Waals surface area (Å²) in [6.45, 7) is 2.03. The maximum atomic E-state index is 12.0. The molecule has 0 saturated heterocycles. The van der Waals surface area contributed by atoms with E-state index in [1.807, 2.05) is 49.4 Å². The average Bonchev–Trinajstić information content (AvgIpc) is 2.40. The van der Waals surface area contributed by atoms with Crippen molar-refractivity contribution < 1.29 is 4.79 Å². The average molecular weight is 274 g/mol. The van der Waals surface area contributed by atoms with Crippen LogP contribution in [0.15, 0.2) is 42.5 Å². The van der Waals surface area contributed by atoms with Crippen LogP contribution in [-0.2, 0) is 0 Å². The zero-order chi connectivity index (χ0) is 14.0. The van der Waals surface area contributed by atoms with Crippen molar-refractivity contribution in [2.45, 2.75) is 6.92 Å². The molecule has 0 fully saturated rings. The molecule has 0 unspecified atom stereocenters. The summed E-state index contributed by atoms with van der Waals surface area (Å²) in [6, 6.07) is 13.4. The summed E-state index contributed by atoms with van der Waals surface area (Å²) in [5.74, 6) is 0.00142. The third kappa shape index (κ3) is 2.96. The quantitative estimate of drug-likeness (QED) is 0.809. The standard InChI is InChI=1S/C16H16ClNO/c1-11-7-8-14(17)10-15(11)12-5-4-6-13(9-12)16(19)18(2)3/h4-10H,1-3H3. The van der Waals surface area contributed by atoms with Crippen molar-refractivity contribution >= 4 is 17.5 Å². The van der Waals surface area contributed by atoms with Crippen LogP contribution in [0.4, 0.5) is 0 Å². The van der Waals surface area contributed by atoms with Crippen molar-refractivity contribution in [2.24, 2.45) is 0 Å². The molecule has 1 amide bonds. The Kier molecular flexibility index (Phi) is 3.91. The molecule has 0 aromatic heterocycles. The number of hydrogen-bond donors (Lipinski definition) is 0. The summed E-state index contributed by atoms with van der Waals surface area (Å²) in [5.41, 5.74) is 3.88. The van der Waals surface area contributed by atoms with Crippen LogP contribution < -0.4 is 0 Å². The highest BCUT2D eigenvalue weighted by molar-refractivity contribution is 6.30. The maximum absolute atomic E-state index is 12.0. The minimum Gasteiger partial charge on any atom is -0.345 e. The van der Waals surface area contributed by atoms with Crippen molar-refractivity contribution in [1.29, 1.82) is 0 Å². The first-order valence-electron chi connectivity index (χ1n) is 6.07. The van der Waals surface area contributed by atoms with Gasteiger partial charge in [0.15, 0.2) is 0 Å². The fraction of sp³-hybridized carbons (Fsp3) is 0.188. The second-order valence-electron chi connectivity index (χ2n) is 4.74. The fourth-order valence-electron chi connectivity index (χ4n) is 1.98. The normalized spacial score (nSPS) is 10.3. The van der Waals surface area contributed by atoms with Gasteiger partial charge in [0, 0.05) is 24.7 Å². The van der Waals surface area contributed by atoms with E-state index in [9.17, 15) is 4.79 Å². The van der Waals surface area contributed by atoms with E-state index in [0.29, 0.717) is 10.6 Å². The molecule has 2 aromatic rings. The lowest BCUT2D eigenvalue weighted by molar-refractivity contribution is 0.0827. The number of benzene rings is 2. The fourth-order valence-corrected chi connectivity index (χ4v) is 2.16. The molecule has 2 aromatic carbocycles. The van der Waals surface area contributed by atoms with E-state index < -0.39 is 0 Å². The van der Waals surface area contributed by atoms with E-state index in [1.165, 1.54) is 0 Å². The van der Waals surface area contributed by atoms with Crippen molar-refractivity contribution in [1.82, 2.24) is 4.90 Å². The highest BCUT2D eigenvalue weighted by Gasteiger charge is 2.10. The molecule has 0 aliphatic carbocycles. The summed E-state index contributed by atoms with van der Waals surface area (Å²) in [6.07, 6.45) is 0. The smallest absolute Gasteiger partial charge is 0.253 e. The van der Waals surface area contributed by atoms with Gasteiger partial charge < -0.3 is 4.90 Å². The van der Waals surface area contributed by atoms with Crippen LogP contribution in [0.25, 0.3) is 11.1 Å². The molecule has 98 valence electrons. The molecule has 2 rings (SSSR count). The lowest BCUT2D eigenvalue weighted by Gasteiger charge is -2.12. The lowest BCUT2D eigenvalue weighted by Crippen LogP contribution is -2.21. The van der Waals surface area contributed by atoms with Gasteiger partial charge in [0.05, 0.1) is 0 Å². The van der Waals surface area contributed by atoms with E-state index in [1.54, 1.807) is 19.0 Å². The van der Waals surface area contributed by atoms with Crippen molar-refractivity contribution in [3.05, 3.63) is 58.6 Å². The van der Waals surface area contributed by atoms with Gasteiger partial charge in [0.1, 0.15) is 0 Å². The zero-order valence-corrected chi connectivity index (χ0v) is 12.0. The molecule has 0 heterocycles. The minimum absolute atomic E-state index is 0.00142. The predicted octanol–water partition coefficient (Wildman–Crippen LogP) is 4.02. The van der Waals surface area contributed by atoms with E-state index in [2.05, 4.69) is 0 Å². The van der Waals surface area contributed by atoms with Gasteiger partial charge in [-0.05, 0) is 47.9 Å². The number of carbonyl (C=O) groups excluding carboxylic acids is 1. The first kappa shape index (κ1) is 13.6. The van der Waals surface area contributed by atoms with Gasteiger partial charge in [-0.25, -0.2) is 0 Å². The zero-order valence-electron chi connectivity index (χ0n) is 11.3. The number of carbonyl (C=O) groups is 1. The second-order valence-corrected chi connectivity index (χ2v) is 5.18. The Balaban J connectivity index is 2.49. The topological polar surface area (TPSA) is 20.3 Å². The molecular formula is C16H16ClNO. The van der Waals surface area contributed by atoms with Gasteiger partial charge in [-0.1, -0.05) is 29.8 Å². The first-order chi connectivity index (χ1) is 8.99. The Morgan fingerprint density at radius 1 is 1.11 bits per heavy atom. The number of amides is 1. The van der Waals surface area contributed by atoms with E-state index in [0.717, 1.165) is 16.7 Å². The highest BCUT2D eigenvalue weighted by atomic mass is 35.5. The second kappa shape index (κ2) is 5.45. The molecule has 0 atom stereocenters. The van der Waals surface area contributed by atoms with Gasteiger partial charge in [-0.2, -0.15) is 0 Å². The van der Waals surface area contributed by atoms with Crippen LogP contribution in [0, 0.1) is 6.92 Å². The molecule has 0 radical (unpaired) electrons. The monoisotopic (exact) mass is 273 g/mol. The highest BCUT2D eigenvalue weighted by Crippen LogP contribution is 2.27. The molecule has 0 aliphatic heterocycles. The molecule has 0 N–H and O–H groups in total. The van der Waals surface area contributed by atoms with Gasteiger partial charge in [-0.3, -0.25) is 4.79 Å². The van der Waals surface area contributed by atoms with Gasteiger partial charge in [0.2, 0.25) is 0 Å². The van der Waals surface area contributed by atoms with Crippen LogP contribution >= 0.6 is 11.6 Å². The van der Waals surface area contributed by atoms with Crippen LogP contribution in [-0.4, -0.2) is 24.9 Å². The molecule has 0 saturated carbocycles. The van der Waals surface area contributed by atoms with Gasteiger partial charge >= 0.3 is 0 Å². The molecule has 19 heavy (non-hydrogen) atoms. The Bertz CT molecular complexity index is 620. The summed E-state index contributed by atoms with van der Waals surface area (Å²) in [7, 11) is 3.50. The minimum atomic E-state index is 0.00142. The molecular weight excluding hydrogens is 258 g/mol. The number of nitrogens with zero attached hydrogens (tertiary/aromatic N) is 1.